The molecule has 1 aromatic carbocycles. The zero-order valence-corrected chi connectivity index (χ0v) is 12.6. The highest BCUT2D eigenvalue weighted by Gasteiger charge is 2.44. The van der Waals surface area contributed by atoms with Crippen LogP contribution in [0.1, 0.15) is 32.1 Å². The highest BCUT2D eigenvalue weighted by Crippen LogP contribution is 2.30. The molecule has 1 aromatic rings. The van der Waals surface area contributed by atoms with E-state index >= 15 is 0 Å². The van der Waals surface area contributed by atoms with Crippen LogP contribution in [-0.4, -0.2) is 47.1 Å². The van der Waals surface area contributed by atoms with Crippen LogP contribution in [0, 0.1) is 0 Å². The van der Waals surface area contributed by atoms with Gasteiger partial charge in [0.2, 0.25) is 5.91 Å². The Balaban J connectivity index is 1.81. The van der Waals surface area contributed by atoms with Crippen LogP contribution in [0.25, 0.3) is 0 Å². The normalized spacial score (nSPS) is 26.7. The lowest BCUT2D eigenvalue weighted by atomic mass is 9.97. The summed E-state index contributed by atoms with van der Waals surface area (Å²) >= 11 is 0. The Morgan fingerprint density at radius 3 is 2.64 bits per heavy atom. The first-order valence-corrected chi connectivity index (χ1v) is 8.01. The Bertz CT molecular complexity index is 544. The predicted molar refractivity (Wildman–Crippen MR) is 83.4 cm³/mol. The van der Waals surface area contributed by atoms with Crippen LogP contribution in [0.15, 0.2) is 30.3 Å². The van der Waals surface area contributed by atoms with E-state index in [-0.39, 0.29) is 36.9 Å². The van der Waals surface area contributed by atoms with Gasteiger partial charge in [0.05, 0.1) is 18.2 Å². The highest BCUT2D eigenvalue weighted by molar-refractivity contribution is 6.22. The molecule has 2 amide bonds. The smallest absolute Gasteiger partial charge is 0.251 e. The molecule has 2 heterocycles. The summed E-state index contributed by atoms with van der Waals surface area (Å²) in [4.78, 5) is 28.6. The molecule has 2 atom stereocenters. The van der Waals surface area contributed by atoms with Crippen molar-refractivity contribution in [2.45, 2.75) is 44.2 Å². The minimum atomic E-state index is -0.371. The minimum absolute atomic E-state index is 0.123. The Kier molecular flexibility index (Phi) is 4.55. The van der Waals surface area contributed by atoms with Crippen molar-refractivity contribution in [1.82, 2.24) is 4.90 Å². The molecular weight excluding hydrogens is 280 g/mol. The van der Waals surface area contributed by atoms with E-state index in [0.29, 0.717) is 12.1 Å². The summed E-state index contributed by atoms with van der Waals surface area (Å²) in [7, 11) is 0. The lowest BCUT2D eigenvalue weighted by molar-refractivity contribution is -0.123. The van der Waals surface area contributed by atoms with Crippen LogP contribution in [0.4, 0.5) is 5.69 Å². The Morgan fingerprint density at radius 2 is 1.91 bits per heavy atom. The number of benzene rings is 1. The van der Waals surface area contributed by atoms with Gasteiger partial charge in [-0.25, -0.2) is 4.90 Å². The second-order valence-corrected chi connectivity index (χ2v) is 6.02. The van der Waals surface area contributed by atoms with Gasteiger partial charge in [0, 0.05) is 12.6 Å². The maximum atomic E-state index is 12.8. The summed E-state index contributed by atoms with van der Waals surface area (Å²) in [5.41, 5.74) is 0.649. The molecule has 1 N–H and O–H groups in total. The molecule has 5 nitrogen and oxygen atoms in total. The molecule has 2 aliphatic heterocycles. The van der Waals surface area contributed by atoms with E-state index in [1.807, 2.05) is 18.2 Å². The third-order valence-corrected chi connectivity index (χ3v) is 4.67. The summed E-state index contributed by atoms with van der Waals surface area (Å²) < 4.78 is 0. The van der Waals surface area contributed by atoms with Crippen molar-refractivity contribution >= 4 is 17.5 Å². The number of hydrogen-bond donors (Lipinski definition) is 1. The second-order valence-electron chi connectivity index (χ2n) is 6.02. The maximum absolute atomic E-state index is 12.8. The van der Waals surface area contributed by atoms with Crippen molar-refractivity contribution in [2.24, 2.45) is 0 Å². The fraction of sp³-hybridized carbons (Fsp3) is 0.529. The number of piperidine rings is 1. The molecule has 2 fully saturated rings. The maximum Gasteiger partial charge on any atom is 0.251 e. The number of imide groups is 1. The third-order valence-electron chi connectivity index (χ3n) is 4.67. The Hall–Kier alpha value is -1.72. The molecule has 2 aliphatic rings. The number of nitrogens with zero attached hydrogens (tertiary/aromatic N) is 2. The van der Waals surface area contributed by atoms with Gasteiger partial charge in [0.15, 0.2) is 0 Å². The molecule has 5 heteroatoms. The molecule has 0 unspecified atom stereocenters. The fourth-order valence-electron chi connectivity index (χ4n) is 3.62. The van der Waals surface area contributed by atoms with Gasteiger partial charge >= 0.3 is 0 Å². The number of hydrogen-bond acceptors (Lipinski definition) is 4. The first kappa shape index (κ1) is 15.2. The fourth-order valence-corrected chi connectivity index (χ4v) is 3.62. The van der Waals surface area contributed by atoms with E-state index in [1.165, 1.54) is 4.90 Å². The second kappa shape index (κ2) is 6.58. The zero-order valence-electron chi connectivity index (χ0n) is 12.6. The monoisotopic (exact) mass is 302 g/mol. The number of para-hydroxylation sites is 1. The number of likely N-dealkylation sites (tertiary alicyclic amines) is 1. The summed E-state index contributed by atoms with van der Waals surface area (Å²) in [5.74, 6) is -0.254. The molecule has 0 aliphatic carbocycles. The SMILES string of the molecule is O=C1C[C@H](N2CCCC[C@@H]2CCO)C(=O)N1c1ccccc1. The van der Waals surface area contributed by atoms with Crippen molar-refractivity contribution in [3.8, 4) is 0 Å². The lowest BCUT2D eigenvalue weighted by Crippen LogP contribution is -2.50. The molecule has 0 saturated carbocycles. The van der Waals surface area contributed by atoms with E-state index in [0.717, 1.165) is 25.8 Å². The quantitative estimate of drug-likeness (QED) is 0.857. The van der Waals surface area contributed by atoms with Crippen LogP contribution >= 0.6 is 0 Å². The van der Waals surface area contributed by atoms with E-state index in [2.05, 4.69) is 4.90 Å². The molecule has 2 saturated heterocycles. The molecule has 22 heavy (non-hydrogen) atoms. The van der Waals surface area contributed by atoms with Crippen molar-refractivity contribution in [3.63, 3.8) is 0 Å². The standard InChI is InChI=1S/C17H22N2O3/c20-11-9-13-6-4-5-10-18(13)15-12-16(21)19(17(15)22)14-7-2-1-3-8-14/h1-3,7-8,13,15,20H,4-6,9-12H2/t13-,15+/m1/s1. The summed E-state index contributed by atoms with van der Waals surface area (Å²) in [5, 5.41) is 9.24. The van der Waals surface area contributed by atoms with Gasteiger partial charge in [-0.1, -0.05) is 24.6 Å². The lowest BCUT2D eigenvalue weighted by Gasteiger charge is -2.38. The number of carbonyl (C=O) groups is 2. The third kappa shape index (κ3) is 2.78. The van der Waals surface area contributed by atoms with Crippen molar-refractivity contribution < 1.29 is 14.7 Å². The Morgan fingerprint density at radius 1 is 1.14 bits per heavy atom. The zero-order chi connectivity index (χ0) is 15.5. The van der Waals surface area contributed by atoms with Crippen LogP contribution in [0.2, 0.25) is 0 Å². The van der Waals surface area contributed by atoms with Crippen LogP contribution in [0.5, 0.6) is 0 Å². The molecule has 0 radical (unpaired) electrons. The van der Waals surface area contributed by atoms with Crippen molar-refractivity contribution in [2.75, 3.05) is 18.1 Å². The number of rotatable bonds is 4. The van der Waals surface area contributed by atoms with E-state index in [9.17, 15) is 14.7 Å². The largest absolute Gasteiger partial charge is 0.396 e. The summed E-state index contributed by atoms with van der Waals surface area (Å²) in [6.07, 6.45) is 4.08. The summed E-state index contributed by atoms with van der Waals surface area (Å²) in [6, 6.07) is 8.95. The van der Waals surface area contributed by atoms with Crippen molar-refractivity contribution in [1.29, 1.82) is 0 Å². The van der Waals surface area contributed by atoms with Crippen molar-refractivity contribution in [3.05, 3.63) is 30.3 Å². The average molecular weight is 302 g/mol. The van der Waals surface area contributed by atoms with E-state index < -0.39 is 0 Å². The predicted octanol–water partition coefficient (Wildman–Crippen LogP) is 1.56. The summed E-state index contributed by atoms with van der Waals surface area (Å²) in [6.45, 7) is 0.954. The number of carbonyl (C=O) groups excluding carboxylic acids is 2. The van der Waals surface area contributed by atoms with Gasteiger partial charge < -0.3 is 5.11 Å². The molecule has 118 valence electrons. The first-order chi connectivity index (χ1) is 10.7. The van der Waals surface area contributed by atoms with Gasteiger partial charge in [-0.2, -0.15) is 0 Å². The van der Waals surface area contributed by atoms with Gasteiger partial charge in [-0.3, -0.25) is 14.5 Å². The number of aliphatic hydroxyl groups excluding tert-OH is 1. The van der Waals surface area contributed by atoms with Gasteiger partial charge in [0.25, 0.3) is 5.91 Å². The van der Waals surface area contributed by atoms with E-state index in [1.54, 1.807) is 12.1 Å². The van der Waals surface area contributed by atoms with Crippen LogP contribution < -0.4 is 4.90 Å². The van der Waals surface area contributed by atoms with Gasteiger partial charge in [-0.05, 0) is 37.9 Å². The Labute approximate surface area is 130 Å². The highest BCUT2D eigenvalue weighted by atomic mass is 16.3. The molecule has 3 rings (SSSR count). The molecule has 0 spiro atoms. The molecule has 0 bridgehead atoms. The topological polar surface area (TPSA) is 60.9 Å². The minimum Gasteiger partial charge on any atom is -0.396 e. The molecular formula is C17H22N2O3. The van der Waals surface area contributed by atoms with E-state index in [4.69, 9.17) is 0 Å². The number of aliphatic hydroxyl groups is 1. The van der Waals surface area contributed by atoms with Crippen LogP contribution in [0.3, 0.4) is 0 Å². The van der Waals surface area contributed by atoms with Gasteiger partial charge in [-0.15, -0.1) is 0 Å². The number of anilines is 1. The van der Waals surface area contributed by atoms with Crippen LogP contribution in [-0.2, 0) is 9.59 Å². The average Bonchev–Trinajstić information content (AvgIpc) is 2.84. The number of amides is 2. The molecule has 0 aromatic heterocycles. The first-order valence-electron chi connectivity index (χ1n) is 8.01. The van der Waals surface area contributed by atoms with Gasteiger partial charge in [0.1, 0.15) is 0 Å².